The first-order valence-corrected chi connectivity index (χ1v) is 9.48. The van der Waals surface area contributed by atoms with Crippen molar-refractivity contribution in [2.75, 3.05) is 34.7 Å². The van der Waals surface area contributed by atoms with E-state index in [0.29, 0.717) is 0 Å². The maximum absolute atomic E-state index is 4.33. The molecule has 0 heterocycles. The lowest BCUT2D eigenvalue weighted by Crippen LogP contribution is -2.38. The summed E-state index contributed by atoms with van der Waals surface area (Å²) in [6, 6.07) is 0. The summed E-state index contributed by atoms with van der Waals surface area (Å²) in [6.07, 6.45) is 16.9. The topological polar surface area (TPSA) is 18.8 Å². The summed E-state index contributed by atoms with van der Waals surface area (Å²) in [5.41, 5.74) is 0. The van der Waals surface area contributed by atoms with Gasteiger partial charge in [-0.3, -0.25) is 4.99 Å². The van der Waals surface area contributed by atoms with Gasteiger partial charge in [-0.05, 0) is 6.42 Å². The standard InChI is InChI=1S/C19H41N3/c1-6-7-8-9-10-11-12-13-14-15-16-17-18-22(5)19(20-2)21(3)4/h6-18H2,1-5H3. The highest BCUT2D eigenvalue weighted by Gasteiger charge is 2.06. The van der Waals surface area contributed by atoms with Crippen LogP contribution in [0.4, 0.5) is 0 Å². The predicted molar refractivity (Wildman–Crippen MR) is 101 cm³/mol. The predicted octanol–water partition coefficient (Wildman–Crippen LogP) is 5.17. The van der Waals surface area contributed by atoms with Crippen molar-refractivity contribution in [2.24, 2.45) is 4.99 Å². The monoisotopic (exact) mass is 311 g/mol. The molecule has 0 atom stereocenters. The lowest BCUT2D eigenvalue weighted by Gasteiger charge is -2.26. The molecule has 0 aromatic carbocycles. The fourth-order valence-electron chi connectivity index (χ4n) is 3.00. The second-order valence-electron chi connectivity index (χ2n) is 6.73. The Morgan fingerprint density at radius 1 is 0.682 bits per heavy atom. The first-order chi connectivity index (χ1) is 10.6. The van der Waals surface area contributed by atoms with Crippen LogP contribution in [0.1, 0.15) is 84.0 Å². The number of nitrogens with zero attached hydrogens (tertiary/aromatic N) is 3. The number of aliphatic imine (C=N–C) groups is 1. The SMILES string of the molecule is CCCCCCCCCCCCCCN(C)C(=NC)N(C)C. The third kappa shape index (κ3) is 11.9. The number of unbranched alkanes of at least 4 members (excludes halogenated alkanes) is 11. The first kappa shape index (κ1) is 21.3. The third-order valence-electron chi connectivity index (χ3n) is 4.29. The van der Waals surface area contributed by atoms with Gasteiger partial charge in [-0.1, -0.05) is 77.6 Å². The van der Waals surface area contributed by atoms with E-state index >= 15 is 0 Å². The van der Waals surface area contributed by atoms with E-state index in [9.17, 15) is 0 Å². The zero-order valence-electron chi connectivity index (χ0n) is 16.0. The zero-order valence-corrected chi connectivity index (χ0v) is 16.0. The molecule has 0 saturated heterocycles. The van der Waals surface area contributed by atoms with Crippen LogP contribution in [-0.4, -0.2) is 50.5 Å². The summed E-state index contributed by atoms with van der Waals surface area (Å²) in [4.78, 5) is 8.68. The van der Waals surface area contributed by atoms with Gasteiger partial charge < -0.3 is 9.80 Å². The van der Waals surface area contributed by atoms with Gasteiger partial charge in [0.1, 0.15) is 0 Å². The maximum atomic E-state index is 4.33. The van der Waals surface area contributed by atoms with E-state index in [0.717, 1.165) is 12.5 Å². The van der Waals surface area contributed by atoms with Gasteiger partial charge in [0.05, 0.1) is 0 Å². The number of hydrogen-bond acceptors (Lipinski definition) is 1. The quantitative estimate of drug-likeness (QED) is 0.265. The van der Waals surface area contributed by atoms with Crippen LogP contribution in [0.15, 0.2) is 4.99 Å². The summed E-state index contributed by atoms with van der Waals surface area (Å²) in [7, 11) is 8.12. The summed E-state index contributed by atoms with van der Waals surface area (Å²) in [5, 5.41) is 0. The summed E-state index contributed by atoms with van der Waals surface area (Å²) < 4.78 is 0. The van der Waals surface area contributed by atoms with Crippen LogP contribution in [0.2, 0.25) is 0 Å². The Bertz CT molecular complexity index is 261. The molecule has 0 amide bonds. The van der Waals surface area contributed by atoms with Crippen molar-refractivity contribution in [1.82, 2.24) is 9.80 Å². The molecule has 0 fully saturated rings. The van der Waals surface area contributed by atoms with E-state index < -0.39 is 0 Å². The fraction of sp³-hybridized carbons (Fsp3) is 0.947. The van der Waals surface area contributed by atoms with Crippen LogP contribution in [0, 0.1) is 0 Å². The average molecular weight is 312 g/mol. The molecule has 3 nitrogen and oxygen atoms in total. The summed E-state index contributed by atoms with van der Waals surface area (Å²) >= 11 is 0. The van der Waals surface area contributed by atoms with Crippen LogP contribution in [-0.2, 0) is 0 Å². The Balaban J connectivity index is 3.33. The second kappa shape index (κ2) is 15.2. The molecule has 0 aliphatic carbocycles. The molecule has 3 heteroatoms. The van der Waals surface area contributed by atoms with Crippen molar-refractivity contribution in [3.63, 3.8) is 0 Å². The number of rotatable bonds is 13. The van der Waals surface area contributed by atoms with Crippen molar-refractivity contribution in [1.29, 1.82) is 0 Å². The Kier molecular flexibility index (Phi) is 14.7. The summed E-state index contributed by atoms with van der Waals surface area (Å²) in [5.74, 6) is 1.07. The van der Waals surface area contributed by atoms with E-state index in [1.54, 1.807) is 0 Å². The van der Waals surface area contributed by atoms with Gasteiger partial charge in [-0.15, -0.1) is 0 Å². The highest BCUT2D eigenvalue weighted by molar-refractivity contribution is 5.79. The molecule has 0 rings (SSSR count). The Morgan fingerprint density at radius 3 is 1.45 bits per heavy atom. The lowest BCUT2D eigenvalue weighted by molar-refractivity contribution is 0.406. The molecule has 0 aliphatic rings. The van der Waals surface area contributed by atoms with Crippen molar-refractivity contribution >= 4 is 5.96 Å². The molecule has 0 saturated carbocycles. The van der Waals surface area contributed by atoms with Crippen molar-refractivity contribution in [2.45, 2.75) is 84.0 Å². The molecule has 0 aliphatic heterocycles. The van der Waals surface area contributed by atoms with E-state index in [1.165, 1.54) is 77.0 Å². The van der Waals surface area contributed by atoms with Crippen LogP contribution in [0.25, 0.3) is 0 Å². The number of hydrogen-bond donors (Lipinski definition) is 0. The Hall–Kier alpha value is -0.730. The Labute approximate surface area is 140 Å². The van der Waals surface area contributed by atoms with Crippen molar-refractivity contribution in [3.8, 4) is 0 Å². The van der Waals surface area contributed by atoms with Gasteiger partial charge in [0.15, 0.2) is 5.96 Å². The molecule has 0 aromatic rings. The van der Waals surface area contributed by atoms with E-state index in [4.69, 9.17) is 0 Å². The molecule has 132 valence electrons. The molecular formula is C19H41N3. The second-order valence-corrected chi connectivity index (χ2v) is 6.73. The van der Waals surface area contributed by atoms with Gasteiger partial charge in [0.25, 0.3) is 0 Å². The van der Waals surface area contributed by atoms with Gasteiger partial charge in [-0.25, -0.2) is 0 Å². The zero-order chi connectivity index (χ0) is 16.6. The molecule has 0 bridgehead atoms. The van der Waals surface area contributed by atoms with Crippen LogP contribution in [0.5, 0.6) is 0 Å². The third-order valence-corrected chi connectivity index (χ3v) is 4.29. The molecule has 0 N–H and O–H groups in total. The normalized spacial score (nSPS) is 11.8. The van der Waals surface area contributed by atoms with Gasteiger partial charge in [0.2, 0.25) is 0 Å². The molecule has 0 unspecified atom stereocenters. The smallest absolute Gasteiger partial charge is 0.195 e. The summed E-state index contributed by atoms with van der Waals surface area (Å²) in [6.45, 7) is 3.40. The van der Waals surface area contributed by atoms with Crippen molar-refractivity contribution in [3.05, 3.63) is 0 Å². The van der Waals surface area contributed by atoms with E-state index in [1.807, 2.05) is 7.05 Å². The maximum Gasteiger partial charge on any atom is 0.195 e. The minimum absolute atomic E-state index is 1.07. The fourth-order valence-corrected chi connectivity index (χ4v) is 3.00. The van der Waals surface area contributed by atoms with E-state index in [-0.39, 0.29) is 0 Å². The first-order valence-electron chi connectivity index (χ1n) is 9.48. The highest BCUT2D eigenvalue weighted by atomic mass is 15.3. The molecule has 0 spiro atoms. The molecule has 0 radical (unpaired) electrons. The molecule has 22 heavy (non-hydrogen) atoms. The molecular weight excluding hydrogens is 270 g/mol. The van der Waals surface area contributed by atoms with Gasteiger partial charge in [0, 0.05) is 34.7 Å². The average Bonchev–Trinajstić information content (AvgIpc) is 2.48. The lowest BCUT2D eigenvalue weighted by atomic mass is 10.1. The highest BCUT2D eigenvalue weighted by Crippen LogP contribution is 2.12. The van der Waals surface area contributed by atoms with Gasteiger partial charge in [-0.2, -0.15) is 0 Å². The number of guanidine groups is 1. The van der Waals surface area contributed by atoms with E-state index in [2.05, 4.69) is 42.9 Å². The van der Waals surface area contributed by atoms with Gasteiger partial charge >= 0.3 is 0 Å². The van der Waals surface area contributed by atoms with Crippen LogP contribution in [0.3, 0.4) is 0 Å². The molecule has 0 aromatic heterocycles. The van der Waals surface area contributed by atoms with Crippen LogP contribution < -0.4 is 0 Å². The minimum atomic E-state index is 1.07. The largest absolute Gasteiger partial charge is 0.349 e. The Morgan fingerprint density at radius 2 is 1.09 bits per heavy atom. The van der Waals surface area contributed by atoms with Crippen molar-refractivity contribution < 1.29 is 0 Å². The minimum Gasteiger partial charge on any atom is -0.349 e. The van der Waals surface area contributed by atoms with Crippen LogP contribution >= 0.6 is 0 Å².